The number of benzene rings is 1. The van der Waals surface area contributed by atoms with Crippen molar-refractivity contribution < 1.29 is 9.47 Å². The molecule has 0 aromatic heterocycles. The number of ether oxygens (including phenoxy) is 2. The minimum Gasteiger partial charge on any atom is -0.363 e. The highest BCUT2D eigenvalue weighted by Crippen LogP contribution is 2.22. The lowest BCUT2D eigenvalue weighted by atomic mass is 10.0. The van der Waals surface area contributed by atoms with Gasteiger partial charge in [-0.3, -0.25) is 0 Å². The molecular formula is C12H15BrN2O2. The maximum Gasteiger partial charge on any atom is 0.193 e. The average molecular weight is 299 g/mol. The van der Waals surface area contributed by atoms with Crippen molar-refractivity contribution in [3.05, 3.63) is 28.7 Å². The van der Waals surface area contributed by atoms with Crippen LogP contribution in [0.4, 0.5) is 5.69 Å². The van der Waals surface area contributed by atoms with Crippen LogP contribution in [0.1, 0.15) is 6.92 Å². The van der Waals surface area contributed by atoms with Gasteiger partial charge >= 0.3 is 0 Å². The standard InChI is InChI=1S/C12H15BrN2O2/c1-12(8-14,11(16-2)17-3)15-10-6-4-9(13)5-7-10/h4-7,11,15H,1-3H3. The van der Waals surface area contributed by atoms with Gasteiger partial charge in [-0.15, -0.1) is 0 Å². The van der Waals surface area contributed by atoms with Crippen LogP contribution in [0, 0.1) is 11.3 Å². The second-order valence-corrected chi connectivity index (χ2v) is 4.67. The average Bonchev–Trinajstić information content (AvgIpc) is 2.33. The summed E-state index contributed by atoms with van der Waals surface area (Å²) < 4.78 is 11.3. The van der Waals surface area contributed by atoms with E-state index in [1.54, 1.807) is 6.92 Å². The molecule has 1 aromatic rings. The lowest BCUT2D eigenvalue weighted by Crippen LogP contribution is -2.47. The molecule has 4 nitrogen and oxygen atoms in total. The Kier molecular flexibility index (Phi) is 4.94. The first-order chi connectivity index (χ1) is 8.05. The van der Waals surface area contributed by atoms with Gasteiger partial charge in [-0.1, -0.05) is 15.9 Å². The van der Waals surface area contributed by atoms with Crippen molar-refractivity contribution in [3.63, 3.8) is 0 Å². The summed E-state index contributed by atoms with van der Waals surface area (Å²) in [5.41, 5.74) is -0.117. The Hall–Kier alpha value is -1.09. The molecule has 1 N–H and O–H groups in total. The molecule has 1 aromatic carbocycles. The van der Waals surface area contributed by atoms with Gasteiger partial charge in [0.05, 0.1) is 6.07 Å². The van der Waals surface area contributed by atoms with E-state index in [0.29, 0.717) is 0 Å². The summed E-state index contributed by atoms with van der Waals surface area (Å²) in [7, 11) is 3.01. The van der Waals surface area contributed by atoms with E-state index in [0.717, 1.165) is 10.2 Å². The molecule has 0 aliphatic heterocycles. The van der Waals surface area contributed by atoms with Gasteiger partial charge in [-0.25, -0.2) is 0 Å². The normalized spacial score (nSPS) is 14.1. The zero-order valence-electron chi connectivity index (χ0n) is 10.0. The van der Waals surface area contributed by atoms with Gasteiger partial charge in [0.1, 0.15) is 0 Å². The number of anilines is 1. The largest absolute Gasteiger partial charge is 0.363 e. The number of nitrogens with one attached hydrogen (secondary N) is 1. The van der Waals surface area contributed by atoms with Crippen LogP contribution in [0.2, 0.25) is 0 Å². The molecule has 0 heterocycles. The number of halogens is 1. The lowest BCUT2D eigenvalue weighted by Gasteiger charge is -2.30. The van der Waals surface area contributed by atoms with Crippen molar-refractivity contribution in [1.29, 1.82) is 5.26 Å². The summed E-state index contributed by atoms with van der Waals surface area (Å²) in [4.78, 5) is 0. The molecule has 0 amide bonds. The van der Waals surface area contributed by atoms with Crippen LogP contribution in [0.5, 0.6) is 0 Å². The second-order valence-electron chi connectivity index (χ2n) is 3.75. The van der Waals surface area contributed by atoms with Crippen molar-refractivity contribution in [1.82, 2.24) is 0 Å². The zero-order valence-corrected chi connectivity index (χ0v) is 11.6. The summed E-state index contributed by atoms with van der Waals surface area (Å²) >= 11 is 3.36. The number of nitrogens with zero attached hydrogens (tertiary/aromatic N) is 1. The Morgan fingerprint density at radius 2 is 1.82 bits per heavy atom. The molecule has 0 saturated heterocycles. The smallest absolute Gasteiger partial charge is 0.193 e. The van der Waals surface area contributed by atoms with Crippen molar-refractivity contribution in [2.75, 3.05) is 19.5 Å². The molecule has 1 unspecified atom stereocenters. The number of methoxy groups -OCH3 is 2. The molecule has 17 heavy (non-hydrogen) atoms. The molecule has 0 aliphatic rings. The zero-order chi connectivity index (χ0) is 12.9. The van der Waals surface area contributed by atoms with E-state index < -0.39 is 11.8 Å². The number of hydrogen-bond acceptors (Lipinski definition) is 4. The monoisotopic (exact) mass is 298 g/mol. The Bertz CT molecular complexity index is 398. The molecular weight excluding hydrogens is 284 g/mol. The predicted molar refractivity (Wildman–Crippen MR) is 69.6 cm³/mol. The van der Waals surface area contributed by atoms with Crippen LogP contribution in [0.3, 0.4) is 0 Å². The Balaban J connectivity index is 2.89. The highest BCUT2D eigenvalue weighted by atomic mass is 79.9. The van der Waals surface area contributed by atoms with E-state index in [2.05, 4.69) is 27.3 Å². The Labute approximate surface area is 110 Å². The summed E-state index contributed by atoms with van der Waals surface area (Å²) in [6, 6.07) is 9.72. The Morgan fingerprint density at radius 3 is 2.24 bits per heavy atom. The number of hydrogen-bond donors (Lipinski definition) is 1. The summed E-state index contributed by atoms with van der Waals surface area (Å²) in [5, 5.41) is 12.4. The summed E-state index contributed by atoms with van der Waals surface area (Å²) in [5.74, 6) is 0. The number of rotatable bonds is 5. The van der Waals surface area contributed by atoms with E-state index in [4.69, 9.17) is 9.47 Å². The van der Waals surface area contributed by atoms with Crippen LogP contribution >= 0.6 is 15.9 Å². The van der Waals surface area contributed by atoms with Gasteiger partial charge in [0.25, 0.3) is 0 Å². The van der Waals surface area contributed by atoms with E-state index in [-0.39, 0.29) is 0 Å². The van der Waals surface area contributed by atoms with Crippen molar-refractivity contribution in [2.45, 2.75) is 18.8 Å². The third kappa shape index (κ3) is 3.43. The molecule has 92 valence electrons. The van der Waals surface area contributed by atoms with E-state index >= 15 is 0 Å². The van der Waals surface area contributed by atoms with Gasteiger partial charge in [0.15, 0.2) is 11.8 Å². The molecule has 5 heteroatoms. The highest BCUT2D eigenvalue weighted by molar-refractivity contribution is 9.10. The van der Waals surface area contributed by atoms with E-state index in [9.17, 15) is 5.26 Å². The molecule has 0 aliphatic carbocycles. The quantitative estimate of drug-likeness (QED) is 0.849. The third-order valence-corrected chi connectivity index (χ3v) is 2.91. The molecule has 1 atom stereocenters. The minimum atomic E-state index is -0.947. The second kappa shape index (κ2) is 6.01. The first kappa shape index (κ1) is 14.0. The third-order valence-electron chi connectivity index (χ3n) is 2.38. The fourth-order valence-corrected chi connectivity index (χ4v) is 1.80. The van der Waals surface area contributed by atoms with Gasteiger partial charge in [0, 0.05) is 24.4 Å². The van der Waals surface area contributed by atoms with E-state index in [1.165, 1.54) is 14.2 Å². The molecule has 0 spiro atoms. The first-order valence-corrected chi connectivity index (χ1v) is 5.85. The molecule has 0 bridgehead atoms. The van der Waals surface area contributed by atoms with E-state index in [1.807, 2.05) is 24.3 Å². The molecule has 0 radical (unpaired) electrons. The first-order valence-electron chi connectivity index (χ1n) is 5.06. The van der Waals surface area contributed by atoms with Crippen LogP contribution in [0.15, 0.2) is 28.7 Å². The topological polar surface area (TPSA) is 54.3 Å². The minimum absolute atomic E-state index is 0.642. The summed E-state index contributed by atoms with van der Waals surface area (Å²) in [6.07, 6.45) is -0.642. The summed E-state index contributed by atoms with van der Waals surface area (Å²) in [6.45, 7) is 1.73. The lowest BCUT2D eigenvalue weighted by molar-refractivity contribution is -0.124. The maximum absolute atomic E-state index is 9.25. The van der Waals surface area contributed by atoms with Gasteiger partial charge in [-0.2, -0.15) is 5.26 Å². The van der Waals surface area contributed by atoms with Gasteiger partial charge < -0.3 is 14.8 Å². The molecule has 0 saturated carbocycles. The highest BCUT2D eigenvalue weighted by Gasteiger charge is 2.35. The van der Waals surface area contributed by atoms with Gasteiger partial charge in [0.2, 0.25) is 0 Å². The van der Waals surface area contributed by atoms with Crippen LogP contribution < -0.4 is 5.32 Å². The fourth-order valence-electron chi connectivity index (χ4n) is 1.54. The Morgan fingerprint density at radius 1 is 1.29 bits per heavy atom. The predicted octanol–water partition coefficient (Wildman–Crippen LogP) is 2.76. The number of nitriles is 1. The van der Waals surface area contributed by atoms with Gasteiger partial charge in [-0.05, 0) is 31.2 Å². The van der Waals surface area contributed by atoms with Crippen molar-refractivity contribution in [3.8, 4) is 6.07 Å². The van der Waals surface area contributed by atoms with Crippen molar-refractivity contribution >= 4 is 21.6 Å². The van der Waals surface area contributed by atoms with Crippen LogP contribution in [-0.4, -0.2) is 26.0 Å². The molecule has 0 fully saturated rings. The maximum atomic E-state index is 9.25. The fraction of sp³-hybridized carbons (Fsp3) is 0.417. The van der Waals surface area contributed by atoms with Crippen LogP contribution in [0.25, 0.3) is 0 Å². The van der Waals surface area contributed by atoms with Crippen LogP contribution in [-0.2, 0) is 9.47 Å². The molecule has 1 rings (SSSR count). The SMILES string of the molecule is COC(OC)C(C)(C#N)Nc1ccc(Br)cc1. The van der Waals surface area contributed by atoms with Crippen molar-refractivity contribution in [2.24, 2.45) is 0 Å².